The molecule has 2 unspecified atom stereocenters. The van der Waals surface area contributed by atoms with E-state index < -0.39 is 10.0 Å². The van der Waals surface area contributed by atoms with Crippen molar-refractivity contribution in [2.75, 3.05) is 0 Å². The molecule has 1 amide bonds. The standard InChI is InChI=1S/C25H34N4O4S/c1-16(2)6-9-18-10-11-22(15-26-18)34(31,32)29-20-4-3-5-21(29)13-19(12-20)27-25(30)23-14-24(33-28-23)17-7-8-17/h10-11,14-17,19-21H,3-9,12-13H2,1-2H3,(H,27,30). The first-order valence-electron chi connectivity index (χ1n) is 12.6. The lowest BCUT2D eigenvalue weighted by atomic mass is 9.84. The first-order valence-corrected chi connectivity index (χ1v) is 14.0. The third kappa shape index (κ3) is 4.91. The second-order valence-corrected chi connectivity index (χ2v) is 12.4. The van der Waals surface area contributed by atoms with Crippen molar-refractivity contribution in [2.45, 2.75) is 101 Å². The Balaban J connectivity index is 1.26. The van der Waals surface area contributed by atoms with Crippen LogP contribution in [0.2, 0.25) is 0 Å². The van der Waals surface area contributed by atoms with Crippen molar-refractivity contribution in [3.63, 3.8) is 0 Å². The molecule has 4 heterocycles. The monoisotopic (exact) mass is 486 g/mol. The Bertz CT molecular complexity index is 1110. The molecule has 0 radical (unpaired) electrons. The van der Waals surface area contributed by atoms with Crippen LogP contribution in [0.1, 0.15) is 93.1 Å². The molecular formula is C25H34N4O4S. The van der Waals surface area contributed by atoms with Gasteiger partial charge in [-0.15, -0.1) is 0 Å². The molecule has 34 heavy (non-hydrogen) atoms. The summed E-state index contributed by atoms with van der Waals surface area (Å²) in [5.74, 6) is 1.53. The number of piperidine rings is 2. The van der Waals surface area contributed by atoms with Gasteiger partial charge in [-0.2, -0.15) is 4.31 Å². The Morgan fingerprint density at radius 3 is 2.53 bits per heavy atom. The predicted octanol–water partition coefficient (Wildman–Crippen LogP) is 4.04. The number of amides is 1. The maximum atomic E-state index is 13.6. The van der Waals surface area contributed by atoms with Crippen LogP contribution in [0, 0.1) is 5.92 Å². The molecule has 2 bridgehead atoms. The Morgan fingerprint density at radius 2 is 1.91 bits per heavy atom. The lowest BCUT2D eigenvalue weighted by Gasteiger charge is -2.47. The normalized spacial score (nSPS) is 25.4. The molecule has 1 saturated carbocycles. The lowest BCUT2D eigenvalue weighted by molar-refractivity contribution is 0.0790. The highest BCUT2D eigenvalue weighted by atomic mass is 32.2. The van der Waals surface area contributed by atoms with E-state index in [0.29, 0.717) is 30.4 Å². The average molecular weight is 487 g/mol. The molecule has 2 atom stereocenters. The zero-order chi connectivity index (χ0) is 23.9. The van der Waals surface area contributed by atoms with Gasteiger partial charge in [0.2, 0.25) is 10.0 Å². The summed E-state index contributed by atoms with van der Waals surface area (Å²) in [6, 6.07) is 4.96. The quantitative estimate of drug-likeness (QED) is 0.604. The smallest absolute Gasteiger partial charge is 0.273 e. The van der Waals surface area contributed by atoms with Crippen LogP contribution < -0.4 is 5.32 Å². The summed E-state index contributed by atoms with van der Waals surface area (Å²) in [5.41, 5.74) is 1.23. The lowest BCUT2D eigenvalue weighted by Crippen LogP contribution is -2.58. The molecule has 3 aliphatic rings. The van der Waals surface area contributed by atoms with Crippen LogP contribution in [-0.2, 0) is 16.4 Å². The van der Waals surface area contributed by atoms with Crippen molar-refractivity contribution in [1.29, 1.82) is 0 Å². The molecule has 1 aliphatic carbocycles. The van der Waals surface area contributed by atoms with Crippen LogP contribution in [0.5, 0.6) is 0 Å². The third-order valence-corrected chi connectivity index (χ3v) is 9.32. The van der Waals surface area contributed by atoms with Crippen molar-refractivity contribution < 1.29 is 17.7 Å². The first-order chi connectivity index (χ1) is 16.3. The van der Waals surface area contributed by atoms with Gasteiger partial charge >= 0.3 is 0 Å². The Hall–Kier alpha value is -2.26. The topological polar surface area (TPSA) is 105 Å². The van der Waals surface area contributed by atoms with Crippen LogP contribution in [0.4, 0.5) is 0 Å². The van der Waals surface area contributed by atoms with Crippen LogP contribution >= 0.6 is 0 Å². The third-order valence-electron chi connectivity index (χ3n) is 7.33. The zero-order valence-corrected chi connectivity index (χ0v) is 20.8. The van der Waals surface area contributed by atoms with Crippen LogP contribution in [0.15, 0.2) is 33.8 Å². The molecule has 0 aromatic carbocycles. The molecule has 2 aromatic rings. The van der Waals surface area contributed by atoms with Gasteiger partial charge in [-0.1, -0.05) is 25.4 Å². The van der Waals surface area contributed by atoms with E-state index in [9.17, 15) is 13.2 Å². The van der Waals surface area contributed by atoms with E-state index in [4.69, 9.17) is 4.52 Å². The molecule has 8 nitrogen and oxygen atoms in total. The number of pyridine rings is 1. The van der Waals surface area contributed by atoms with Crippen molar-refractivity contribution in [3.8, 4) is 0 Å². The average Bonchev–Trinajstić information content (AvgIpc) is 3.53. The first kappa shape index (κ1) is 23.5. The molecule has 3 fully saturated rings. The van der Waals surface area contributed by atoms with Gasteiger partial charge in [0.1, 0.15) is 10.7 Å². The number of nitrogens with one attached hydrogen (secondary N) is 1. The van der Waals surface area contributed by atoms with Gasteiger partial charge in [0.05, 0.1) is 0 Å². The van der Waals surface area contributed by atoms with E-state index in [1.165, 1.54) is 6.20 Å². The van der Waals surface area contributed by atoms with Crippen molar-refractivity contribution in [1.82, 2.24) is 19.8 Å². The highest BCUT2D eigenvalue weighted by Crippen LogP contribution is 2.40. The van der Waals surface area contributed by atoms with Gasteiger partial charge in [0.25, 0.3) is 5.91 Å². The molecule has 2 saturated heterocycles. The summed E-state index contributed by atoms with van der Waals surface area (Å²) >= 11 is 0. The molecule has 2 aromatic heterocycles. The number of carbonyl (C=O) groups excluding carboxylic acids is 1. The number of fused-ring (bicyclic) bond motifs is 2. The van der Waals surface area contributed by atoms with Crippen molar-refractivity contribution >= 4 is 15.9 Å². The van der Waals surface area contributed by atoms with E-state index in [2.05, 4.69) is 29.3 Å². The predicted molar refractivity (Wildman–Crippen MR) is 127 cm³/mol. The Labute approximate surface area is 201 Å². The van der Waals surface area contributed by atoms with Crippen LogP contribution in [0.25, 0.3) is 0 Å². The second-order valence-electron chi connectivity index (χ2n) is 10.5. The van der Waals surface area contributed by atoms with E-state index in [-0.39, 0.29) is 28.9 Å². The fraction of sp³-hybridized carbons (Fsp3) is 0.640. The van der Waals surface area contributed by atoms with Gasteiger partial charge in [0, 0.05) is 42.0 Å². The molecule has 5 rings (SSSR count). The van der Waals surface area contributed by atoms with Crippen LogP contribution in [-0.4, -0.2) is 46.9 Å². The number of hydrogen-bond donors (Lipinski definition) is 1. The molecule has 1 N–H and O–H groups in total. The maximum Gasteiger partial charge on any atom is 0.273 e. The number of aryl methyl sites for hydroxylation is 1. The van der Waals surface area contributed by atoms with Gasteiger partial charge < -0.3 is 9.84 Å². The van der Waals surface area contributed by atoms with E-state index in [1.807, 2.05) is 6.07 Å². The minimum absolute atomic E-state index is 0.0770. The Morgan fingerprint density at radius 1 is 1.18 bits per heavy atom. The number of carbonyl (C=O) groups is 1. The van der Waals surface area contributed by atoms with Gasteiger partial charge in [0.15, 0.2) is 5.69 Å². The summed E-state index contributed by atoms with van der Waals surface area (Å²) in [5, 5.41) is 7.02. The SMILES string of the molecule is CC(C)CCc1ccc(S(=O)(=O)N2C3CCCC2CC(NC(=O)c2cc(C4CC4)on2)C3)cn1. The minimum atomic E-state index is -3.64. The summed E-state index contributed by atoms with van der Waals surface area (Å²) in [4.78, 5) is 17.4. The van der Waals surface area contributed by atoms with Crippen LogP contribution in [0.3, 0.4) is 0 Å². The fourth-order valence-corrected chi connectivity index (χ4v) is 7.17. The van der Waals surface area contributed by atoms with E-state index >= 15 is 0 Å². The second kappa shape index (κ2) is 9.41. The van der Waals surface area contributed by atoms with Crippen molar-refractivity contribution in [3.05, 3.63) is 41.5 Å². The number of hydrogen-bond acceptors (Lipinski definition) is 6. The largest absolute Gasteiger partial charge is 0.360 e. The maximum absolute atomic E-state index is 13.6. The summed E-state index contributed by atoms with van der Waals surface area (Å²) in [7, 11) is -3.64. The highest BCUT2D eigenvalue weighted by molar-refractivity contribution is 7.89. The number of nitrogens with zero attached hydrogens (tertiary/aromatic N) is 3. The summed E-state index contributed by atoms with van der Waals surface area (Å²) in [6.45, 7) is 4.33. The van der Waals surface area contributed by atoms with Crippen molar-refractivity contribution in [2.24, 2.45) is 5.92 Å². The van der Waals surface area contributed by atoms with E-state index in [0.717, 1.165) is 56.4 Å². The highest BCUT2D eigenvalue weighted by Gasteiger charge is 2.45. The number of aromatic nitrogens is 2. The Kier molecular flexibility index (Phi) is 6.50. The number of rotatable bonds is 8. The molecule has 184 valence electrons. The summed E-state index contributed by atoms with van der Waals surface area (Å²) in [6.07, 6.45) is 9.38. The molecule has 9 heteroatoms. The van der Waals surface area contributed by atoms with Gasteiger partial charge in [-0.3, -0.25) is 9.78 Å². The fourth-order valence-electron chi connectivity index (χ4n) is 5.33. The molecule has 2 aliphatic heterocycles. The molecule has 0 spiro atoms. The number of sulfonamides is 1. The van der Waals surface area contributed by atoms with Gasteiger partial charge in [-0.05, 0) is 69.4 Å². The van der Waals surface area contributed by atoms with Gasteiger partial charge in [-0.25, -0.2) is 8.42 Å². The summed E-state index contributed by atoms with van der Waals surface area (Å²) < 4.78 is 34.2. The van der Waals surface area contributed by atoms with E-state index in [1.54, 1.807) is 16.4 Å². The minimum Gasteiger partial charge on any atom is -0.360 e. The molecular weight excluding hydrogens is 452 g/mol. The zero-order valence-electron chi connectivity index (χ0n) is 19.9.